The molecule has 0 aliphatic carbocycles. The van der Waals surface area contributed by atoms with E-state index in [0.717, 1.165) is 8.61 Å². The summed E-state index contributed by atoms with van der Waals surface area (Å²) in [6.45, 7) is -0.228. The lowest BCUT2D eigenvalue weighted by atomic mass is 10.2. The lowest BCUT2D eigenvalue weighted by Crippen LogP contribution is -2.38. The first-order chi connectivity index (χ1) is 13.4. The number of benzene rings is 2. The first-order valence-corrected chi connectivity index (χ1v) is 11.7. The molecule has 1 N–H and O–H groups in total. The number of carbonyl (C=O) groups is 1. The van der Waals surface area contributed by atoms with Crippen molar-refractivity contribution in [2.24, 2.45) is 0 Å². The standard InChI is InChI=1S/C18H22ClN3O5S2/c1-21(2)28(24,25)16-8-4-14(5-9-16)12-20-18(23)13-22(3)29(26,27)17-10-6-15(19)7-11-17/h4-11H,12-13H2,1-3H3,(H,20,23). The molecule has 0 aliphatic heterocycles. The molecule has 11 heteroatoms. The van der Waals surface area contributed by atoms with Crippen LogP contribution in [0.4, 0.5) is 0 Å². The van der Waals surface area contributed by atoms with E-state index in [1.807, 2.05) is 0 Å². The van der Waals surface area contributed by atoms with Crippen molar-refractivity contribution in [3.8, 4) is 0 Å². The summed E-state index contributed by atoms with van der Waals surface area (Å²) in [6, 6.07) is 11.7. The molecule has 0 atom stereocenters. The van der Waals surface area contributed by atoms with Crippen molar-refractivity contribution in [3.63, 3.8) is 0 Å². The van der Waals surface area contributed by atoms with Crippen LogP contribution in [0.15, 0.2) is 58.3 Å². The van der Waals surface area contributed by atoms with Gasteiger partial charge in [0.05, 0.1) is 16.3 Å². The summed E-state index contributed by atoms with van der Waals surface area (Å²) in [4.78, 5) is 12.3. The van der Waals surface area contributed by atoms with Crippen molar-refractivity contribution in [1.29, 1.82) is 0 Å². The van der Waals surface area contributed by atoms with Crippen LogP contribution in [0.1, 0.15) is 5.56 Å². The van der Waals surface area contributed by atoms with Crippen LogP contribution >= 0.6 is 11.6 Å². The zero-order chi connectivity index (χ0) is 21.8. The van der Waals surface area contributed by atoms with Gasteiger partial charge in [-0.2, -0.15) is 4.31 Å². The van der Waals surface area contributed by atoms with Gasteiger partial charge in [0.2, 0.25) is 26.0 Å². The molecule has 0 saturated heterocycles. The van der Waals surface area contributed by atoms with E-state index in [2.05, 4.69) is 5.32 Å². The first-order valence-electron chi connectivity index (χ1n) is 8.44. The fourth-order valence-corrected chi connectivity index (χ4v) is 4.48. The molecule has 1 amide bonds. The van der Waals surface area contributed by atoms with Gasteiger partial charge in [-0.3, -0.25) is 4.79 Å². The van der Waals surface area contributed by atoms with E-state index in [1.54, 1.807) is 12.1 Å². The Hall–Kier alpha value is -1.98. The Kier molecular flexibility index (Phi) is 7.41. The third-order valence-electron chi connectivity index (χ3n) is 4.08. The summed E-state index contributed by atoms with van der Waals surface area (Å²) in [5, 5.41) is 3.03. The highest BCUT2D eigenvalue weighted by atomic mass is 35.5. The Morgan fingerprint density at radius 1 is 0.862 bits per heavy atom. The normalized spacial score (nSPS) is 12.3. The maximum atomic E-state index is 12.5. The van der Waals surface area contributed by atoms with Crippen molar-refractivity contribution in [2.75, 3.05) is 27.7 Å². The summed E-state index contributed by atoms with van der Waals surface area (Å²) in [5.41, 5.74) is 0.680. The van der Waals surface area contributed by atoms with Crippen molar-refractivity contribution in [2.45, 2.75) is 16.3 Å². The minimum atomic E-state index is -3.82. The van der Waals surface area contributed by atoms with Crippen LogP contribution in [0.5, 0.6) is 0 Å². The number of halogens is 1. The molecule has 2 aromatic rings. The fraction of sp³-hybridized carbons (Fsp3) is 0.278. The van der Waals surface area contributed by atoms with Gasteiger partial charge in [0.25, 0.3) is 0 Å². The average molecular weight is 460 g/mol. The van der Waals surface area contributed by atoms with Gasteiger partial charge in [0.15, 0.2) is 0 Å². The number of sulfonamides is 2. The summed E-state index contributed by atoms with van der Waals surface area (Å²) in [5.74, 6) is -0.491. The lowest BCUT2D eigenvalue weighted by molar-refractivity contribution is -0.121. The van der Waals surface area contributed by atoms with E-state index in [1.165, 1.54) is 57.5 Å². The van der Waals surface area contributed by atoms with E-state index in [0.29, 0.717) is 10.6 Å². The maximum Gasteiger partial charge on any atom is 0.243 e. The topological polar surface area (TPSA) is 104 Å². The monoisotopic (exact) mass is 459 g/mol. The molecule has 2 rings (SSSR count). The van der Waals surface area contributed by atoms with Gasteiger partial charge in [-0.25, -0.2) is 21.1 Å². The number of nitrogens with zero attached hydrogens (tertiary/aromatic N) is 2. The van der Waals surface area contributed by atoms with Gasteiger partial charge in [-0.1, -0.05) is 23.7 Å². The number of likely N-dealkylation sites (N-methyl/N-ethyl adjacent to an activating group) is 1. The SMILES string of the molecule is CN(C)S(=O)(=O)c1ccc(CNC(=O)CN(C)S(=O)(=O)c2ccc(Cl)cc2)cc1. The number of carbonyl (C=O) groups excluding carboxylic acids is 1. The highest BCUT2D eigenvalue weighted by molar-refractivity contribution is 7.89. The molecule has 0 fully saturated rings. The Morgan fingerprint density at radius 3 is 1.86 bits per heavy atom. The lowest BCUT2D eigenvalue weighted by Gasteiger charge is -2.17. The van der Waals surface area contributed by atoms with Gasteiger partial charge in [0, 0.05) is 32.7 Å². The first kappa shape index (κ1) is 23.3. The number of nitrogens with one attached hydrogen (secondary N) is 1. The zero-order valence-corrected chi connectivity index (χ0v) is 18.6. The van der Waals surface area contributed by atoms with Crippen molar-refractivity contribution < 1.29 is 21.6 Å². The maximum absolute atomic E-state index is 12.5. The van der Waals surface area contributed by atoms with Crippen LogP contribution in [0, 0.1) is 0 Å². The molecule has 29 heavy (non-hydrogen) atoms. The van der Waals surface area contributed by atoms with E-state index in [-0.39, 0.29) is 22.9 Å². The smallest absolute Gasteiger partial charge is 0.243 e. The summed E-state index contributed by atoms with van der Waals surface area (Å²) in [6.07, 6.45) is 0. The molecule has 0 spiro atoms. The largest absolute Gasteiger partial charge is 0.351 e. The third kappa shape index (κ3) is 5.77. The second-order valence-electron chi connectivity index (χ2n) is 6.42. The van der Waals surface area contributed by atoms with E-state index in [4.69, 9.17) is 11.6 Å². The molecular formula is C18H22ClN3O5S2. The van der Waals surface area contributed by atoms with Crippen molar-refractivity contribution >= 4 is 37.6 Å². The molecule has 158 valence electrons. The third-order valence-corrected chi connectivity index (χ3v) is 7.98. The Bertz CT molecular complexity index is 1070. The highest BCUT2D eigenvalue weighted by Gasteiger charge is 2.23. The number of rotatable bonds is 8. The van der Waals surface area contributed by atoms with Crippen LogP contribution in [0.2, 0.25) is 5.02 Å². The second-order valence-corrected chi connectivity index (χ2v) is 11.1. The van der Waals surface area contributed by atoms with E-state index < -0.39 is 26.0 Å². The summed E-state index contributed by atoms with van der Waals surface area (Å²) < 4.78 is 51.1. The molecule has 0 saturated carbocycles. The van der Waals surface area contributed by atoms with Crippen LogP contribution in [-0.2, 0) is 31.4 Å². The van der Waals surface area contributed by atoms with E-state index in [9.17, 15) is 21.6 Å². The van der Waals surface area contributed by atoms with Crippen LogP contribution < -0.4 is 5.32 Å². The molecule has 0 aliphatic rings. The molecule has 0 radical (unpaired) electrons. The summed E-state index contributed by atoms with van der Waals surface area (Å²) in [7, 11) is -3.15. The van der Waals surface area contributed by atoms with Gasteiger partial charge in [-0.15, -0.1) is 0 Å². The fourth-order valence-electron chi connectivity index (χ4n) is 2.32. The summed E-state index contributed by atoms with van der Waals surface area (Å²) >= 11 is 5.77. The molecule has 2 aromatic carbocycles. The van der Waals surface area contributed by atoms with Gasteiger partial charge in [0.1, 0.15) is 0 Å². The van der Waals surface area contributed by atoms with Gasteiger partial charge >= 0.3 is 0 Å². The van der Waals surface area contributed by atoms with Crippen LogP contribution in [0.3, 0.4) is 0 Å². The van der Waals surface area contributed by atoms with Crippen LogP contribution in [0.25, 0.3) is 0 Å². The highest BCUT2D eigenvalue weighted by Crippen LogP contribution is 2.17. The molecule has 0 heterocycles. The van der Waals surface area contributed by atoms with Crippen molar-refractivity contribution in [1.82, 2.24) is 13.9 Å². The minimum absolute atomic E-state index is 0.0369. The number of hydrogen-bond acceptors (Lipinski definition) is 5. The molecule has 0 unspecified atom stereocenters. The molecule has 0 bridgehead atoms. The zero-order valence-electron chi connectivity index (χ0n) is 16.2. The second kappa shape index (κ2) is 9.23. The number of hydrogen-bond donors (Lipinski definition) is 1. The Morgan fingerprint density at radius 2 is 1.34 bits per heavy atom. The Balaban J connectivity index is 1.96. The number of amides is 1. The minimum Gasteiger partial charge on any atom is -0.351 e. The quantitative estimate of drug-likeness (QED) is 0.644. The molecule has 0 aromatic heterocycles. The predicted octanol–water partition coefficient (Wildman–Crippen LogP) is 1.53. The van der Waals surface area contributed by atoms with E-state index >= 15 is 0 Å². The van der Waals surface area contributed by atoms with Gasteiger partial charge < -0.3 is 5.32 Å². The Labute approximate surface area is 176 Å². The molecule has 8 nitrogen and oxygen atoms in total. The van der Waals surface area contributed by atoms with Crippen LogP contribution in [-0.4, -0.2) is 59.0 Å². The predicted molar refractivity (Wildman–Crippen MR) is 110 cm³/mol. The average Bonchev–Trinajstić information content (AvgIpc) is 2.66. The van der Waals surface area contributed by atoms with Crippen molar-refractivity contribution in [3.05, 3.63) is 59.1 Å². The van der Waals surface area contributed by atoms with Gasteiger partial charge in [-0.05, 0) is 42.0 Å². The molecular weight excluding hydrogens is 438 g/mol.